The first-order valence-electron chi connectivity index (χ1n) is 10.4. The molecule has 2 amide bonds. The molecule has 33 heavy (non-hydrogen) atoms. The van der Waals surface area contributed by atoms with Gasteiger partial charge in [-0.2, -0.15) is 4.57 Å². The zero-order valence-electron chi connectivity index (χ0n) is 18.0. The third kappa shape index (κ3) is 5.15. The summed E-state index contributed by atoms with van der Waals surface area (Å²) in [6.07, 6.45) is 5.56. The van der Waals surface area contributed by atoms with Gasteiger partial charge in [-0.15, -0.1) is 23.5 Å². The van der Waals surface area contributed by atoms with Crippen molar-refractivity contribution in [3.8, 4) is 0 Å². The minimum Gasteiger partial charge on any atom is -0.543 e. The zero-order chi connectivity index (χ0) is 23.4. The quantitative estimate of drug-likeness (QED) is 0.344. The highest BCUT2D eigenvalue weighted by atomic mass is 32.2. The lowest BCUT2D eigenvalue weighted by atomic mass is 10.0. The van der Waals surface area contributed by atoms with Gasteiger partial charge in [0.05, 0.1) is 17.4 Å². The molecule has 0 bridgehead atoms. The van der Waals surface area contributed by atoms with E-state index < -0.39 is 23.3 Å². The molecule has 1 aromatic carbocycles. The molecule has 0 aliphatic carbocycles. The summed E-state index contributed by atoms with van der Waals surface area (Å²) in [5.74, 6) is -1.48. The van der Waals surface area contributed by atoms with Crippen LogP contribution in [0.3, 0.4) is 0 Å². The van der Waals surface area contributed by atoms with E-state index in [2.05, 4.69) is 5.32 Å². The lowest BCUT2D eigenvalue weighted by Gasteiger charge is -2.50. The molecule has 0 radical (unpaired) electrons. The summed E-state index contributed by atoms with van der Waals surface area (Å²) >= 11 is 2.82. The fraction of sp³-hybridized carbons (Fsp3) is 0.250. The number of carboxylic acids is 1. The molecule has 2 aliphatic heterocycles. The van der Waals surface area contributed by atoms with Crippen LogP contribution in [-0.2, 0) is 20.9 Å². The minimum atomic E-state index is -1.39. The van der Waals surface area contributed by atoms with Crippen LogP contribution in [0.4, 0.5) is 0 Å². The van der Waals surface area contributed by atoms with Crippen LogP contribution in [-0.4, -0.2) is 45.6 Å². The number of nitrogens with zero attached hydrogens (tertiary/aromatic N) is 2. The summed E-state index contributed by atoms with van der Waals surface area (Å²) in [4.78, 5) is 39.2. The number of rotatable bonds is 8. The first kappa shape index (κ1) is 23.1. The van der Waals surface area contributed by atoms with Crippen molar-refractivity contribution < 1.29 is 24.1 Å². The SMILES string of the molecule is Cc1cccc[n+]1C/C=C/C1=C(C(=O)[O-])N2C(=O)C(NC(=O)CSc3ccccc3)C2SC1. The average Bonchev–Trinajstić information content (AvgIpc) is 2.82. The molecule has 3 heterocycles. The number of fused-ring (bicyclic) bond motifs is 1. The van der Waals surface area contributed by atoms with Crippen molar-refractivity contribution in [1.82, 2.24) is 10.2 Å². The molecule has 0 saturated carbocycles. The van der Waals surface area contributed by atoms with E-state index in [1.54, 1.807) is 6.08 Å². The van der Waals surface area contributed by atoms with Crippen LogP contribution in [0.2, 0.25) is 0 Å². The molecular weight excluding hydrogens is 458 g/mol. The number of hydrogen-bond donors (Lipinski definition) is 1. The van der Waals surface area contributed by atoms with Gasteiger partial charge < -0.3 is 15.2 Å². The van der Waals surface area contributed by atoms with Crippen LogP contribution >= 0.6 is 23.5 Å². The van der Waals surface area contributed by atoms with Gasteiger partial charge in [-0.25, -0.2) is 0 Å². The molecule has 4 rings (SSSR count). The topological polar surface area (TPSA) is 93.4 Å². The normalized spacial score (nSPS) is 19.9. The van der Waals surface area contributed by atoms with Crippen LogP contribution in [0.25, 0.3) is 0 Å². The van der Waals surface area contributed by atoms with Gasteiger partial charge in [0, 0.05) is 29.7 Å². The second-order valence-corrected chi connectivity index (χ2v) is 9.77. The number of allylic oxidation sites excluding steroid dienone is 2. The average molecular weight is 482 g/mol. The van der Waals surface area contributed by atoms with Crippen LogP contribution < -0.4 is 15.0 Å². The molecule has 0 spiro atoms. The van der Waals surface area contributed by atoms with Gasteiger partial charge in [0.15, 0.2) is 18.4 Å². The number of thioether (sulfide) groups is 2. The Morgan fingerprint density at radius 1 is 1.24 bits per heavy atom. The number of pyridine rings is 1. The van der Waals surface area contributed by atoms with E-state index in [1.807, 2.05) is 72.3 Å². The lowest BCUT2D eigenvalue weighted by molar-refractivity contribution is -0.693. The number of aryl methyl sites for hydroxylation is 1. The summed E-state index contributed by atoms with van der Waals surface area (Å²) in [7, 11) is 0. The van der Waals surface area contributed by atoms with E-state index in [0.717, 1.165) is 10.6 Å². The number of benzene rings is 1. The minimum absolute atomic E-state index is 0.112. The number of carbonyl (C=O) groups is 3. The van der Waals surface area contributed by atoms with Crippen molar-refractivity contribution in [1.29, 1.82) is 0 Å². The molecule has 7 nitrogen and oxygen atoms in total. The lowest BCUT2D eigenvalue weighted by Crippen LogP contribution is -2.71. The Labute approximate surface area is 200 Å². The monoisotopic (exact) mass is 481 g/mol. The van der Waals surface area contributed by atoms with E-state index in [4.69, 9.17) is 0 Å². The third-order valence-corrected chi connectivity index (χ3v) is 7.72. The molecule has 1 saturated heterocycles. The summed E-state index contributed by atoms with van der Waals surface area (Å²) in [5.41, 5.74) is 1.50. The Hall–Kier alpha value is -3.04. The Morgan fingerprint density at radius 3 is 2.73 bits per heavy atom. The van der Waals surface area contributed by atoms with E-state index in [9.17, 15) is 19.5 Å². The maximum absolute atomic E-state index is 12.7. The third-order valence-electron chi connectivity index (χ3n) is 5.41. The maximum Gasteiger partial charge on any atom is 0.253 e. The van der Waals surface area contributed by atoms with Crippen molar-refractivity contribution >= 4 is 41.3 Å². The first-order chi connectivity index (χ1) is 16.0. The molecule has 9 heteroatoms. The zero-order valence-corrected chi connectivity index (χ0v) is 19.6. The highest BCUT2D eigenvalue weighted by molar-refractivity contribution is 8.00. The van der Waals surface area contributed by atoms with E-state index in [1.165, 1.54) is 28.4 Å². The molecule has 1 N–H and O–H groups in total. The number of carboxylic acid groups (broad SMARTS) is 1. The number of amides is 2. The number of aliphatic carboxylic acids is 1. The molecule has 1 aromatic heterocycles. The molecule has 1 fully saturated rings. The number of aromatic nitrogens is 1. The van der Waals surface area contributed by atoms with Crippen molar-refractivity contribution in [3.63, 3.8) is 0 Å². The highest BCUT2D eigenvalue weighted by Crippen LogP contribution is 2.40. The van der Waals surface area contributed by atoms with Gasteiger partial charge in [0.25, 0.3) is 5.91 Å². The predicted octanol–water partition coefficient (Wildman–Crippen LogP) is 1.03. The van der Waals surface area contributed by atoms with Crippen LogP contribution in [0.5, 0.6) is 0 Å². The Bertz CT molecular complexity index is 1130. The second kappa shape index (κ2) is 10.3. The summed E-state index contributed by atoms with van der Waals surface area (Å²) in [6.45, 7) is 2.57. The molecular formula is C24H23N3O4S2. The van der Waals surface area contributed by atoms with Gasteiger partial charge in [-0.3, -0.25) is 14.5 Å². The van der Waals surface area contributed by atoms with Crippen molar-refractivity contribution in [3.05, 3.63) is 83.8 Å². The first-order valence-corrected chi connectivity index (χ1v) is 12.5. The molecule has 2 unspecified atom stereocenters. The fourth-order valence-corrected chi connectivity index (χ4v) is 5.77. The van der Waals surface area contributed by atoms with E-state index >= 15 is 0 Å². The summed E-state index contributed by atoms with van der Waals surface area (Å²) in [5, 5.41) is 14.2. The number of nitrogens with one attached hydrogen (secondary N) is 1. The Morgan fingerprint density at radius 2 is 2.00 bits per heavy atom. The van der Waals surface area contributed by atoms with Gasteiger partial charge in [-0.05, 0) is 23.8 Å². The molecule has 170 valence electrons. The van der Waals surface area contributed by atoms with Crippen LogP contribution in [0, 0.1) is 6.92 Å². The van der Waals surface area contributed by atoms with E-state index in [-0.39, 0.29) is 17.4 Å². The van der Waals surface area contributed by atoms with E-state index in [0.29, 0.717) is 17.9 Å². The maximum atomic E-state index is 12.7. The van der Waals surface area contributed by atoms with Gasteiger partial charge in [0.2, 0.25) is 5.91 Å². The van der Waals surface area contributed by atoms with Crippen LogP contribution in [0.15, 0.2) is 83.0 Å². The standard InChI is InChI=1S/C24H23N3O4S2/c1-16-8-5-6-12-26(16)13-7-9-17-14-33-23-20(22(29)27(23)21(17)24(30)31)25-19(28)15-32-18-10-3-2-4-11-18/h2-12,20,23H,13-15H2,1H3,(H-,25,28,30,31)/b9-7+. The van der Waals surface area contributed by atoms with Crippen molar-refractivity contribution in [2.24, 2.45) is 0 Å². The number of carbonyl (C=O) groups excluding carboxylic acids is 3. The second-order valence-electron chi connectivity index (χ2n) is 7.61. The Balaban J connectivity index is 1.40. The van der Waals surface area contributed by atoms with Crippen LogP contribution in [0.1, 0.15) is 5.69 Å². The predicted molar refractivity (Wildman–Crippen MR) is 125 cm³/mol. The van der Waals surface area contributed by atoms with Gasteiger partial charge in [-0.1, -0.05) is 30.3 Å². The molecule has 2 aliphatic rings. The number of β-lactam (4-membered cyclic amide) rings is 1. The molecule has 2 aromatic rings. The highest BCUT2D eigenvalue weighted by Gasteiger charge is 2.52. The summed E-state index contributed by atoms with van der Waals surface area (Å²) in [6, 6.07) is 14.7. The smallest absolute Gasteiger partial charge is 0.253 e. The van der Waals surface area contributed by atoms with Crippen molar-refractivity contribution in [2.45, 2.75) is 29.8 Å². The molecule has 2 atom stereocenters. The number of hydrogen-bond acceptors (Lipinski definition) is 6. The van der Waals surface area contributed by atoms with Crippen molar-refractivity contribution in [2.75, 3.05) is 11.5 Å². The largest absolute Gasteiger partial charge is 0.543 e. The fourth-order valence-electron chi connectivity index (χ4n) is 3.72. The summed E-state index contributed by atoms with van der Waals surface area (Å²) < 4.78 is 2.03. The van der Waals surface area contributed by atoms with Gasteiger partial charge >= 0.3 is 0 Å². The Kier molecular flexibility index (Phi) is 7.20. The van der Waals surface area contributed by atoms with Gasteiger partial charge in [0.1, 0.15) is 11.4 Å².